The minimum absolute atomic E-state index is 0.309. The van der Waals surface area contributed by atoms with Crippen LogP contribution in [-0.4, -0.2) is 18.0 Å². The zero-order valence-electron chi connectivity index (χ0n) is 9.47. The van der Waals surface area contributed by atoms with E-state index in [4.69, 9.17) is 10.7 Å². The Morgan fingerprint density at radius 2 is 2.17 bits per heavy atom. The third-order valence-electron chi connectivity index (χ3n) is 2.44. The van der Waals surface area contributed by atoms with Crippen molar-refractivity contribution in [1.82, 2.24) is 9.55 Å². The molecule has 4 nitrogen and oxygen atoms in total. The van der Waals surface area contributed by atoms with Gasteiger partial charge in [0.15, 0.2) is 0 Å². The quantitative estimate of drug-likeness (QED) is 0.815. The van der Waals surface area contributed by atoms with Gasteiger partial charge in [-0.25, -0.2) is 17.8 Å². The molecule has 0 saturated heterocycles. The standard InChI is InChI=1S/C11H10ClFN2O2S/c1-8-14-4-5-15(8)11-3-2-9(6-10(11)13)7-18(12,16)17/h2-6H,7H2,1H3. The molecule has 0 fully saturated rings. The average molecular weight is 289 g/mol. The van der Waals surface area contributed by atoms with Crippen LogP contribution in [0, 0.1) is 12.7 Å². The molecule has 2 aromatic rings. The molecule has 0 bridgehead atoms. The van der Waals surface area contributed by atoms with Gasteiger partial charge in [-0.05, 0) is 24.6 Å². The zero-order chi connectivity index (χ0) is 13.3. The van der Waals surface area contributed by atoms with Gasteiger partial charge in [0, 0.05) is 23.1 Å². The van der Waals surface area contributed by atoms with Gasteiger partial charge in [-0.2, -0.15) is 0 Å². The summed E-state index contributed by atoms with van der Waals surface area (Å²) in [4.78, 5) is 4.00. The predicted octanol–water partition coefficient (Wildman–Crippen LogP) is 2.39. The summed E-state index contributed by atoms with van der Waals surface area (Å²) >= 11 is 0. The van der Waals surface area contributed by atoms with E-state index in [9.17, 15) is 12.8 Å². The van der Waals surface area contributed by atoms with E-state index < -0.39 is 20.6 Å². The largest absolute Gasteiger partial charge is 0.301 e. The number of hydrogen-bond donors (Lipinski definition) is 0. The summed E-state index contributed by atoms with van der Waals surface area (Å²) in [5.41, 5.74) is 0.629. The van der Waals surface area contributed by atoms with Crippen molar-refractivity contribution in [2.24, 2.45) is 0 Å². The van der Waals surface area contributed by atoms with Gasteiger partial charge in [0.25, 0.3) is 0 Å². The van der Waals surface area contributed by atoms with E-state index in [0.717, 1.165) is 6.07 Å². The fourth-order valence-corrected chi connectivity index (χ4v) is 2.62. The van der Waals surface area contributed by atoms with Crippen LogP contribution in [0.3, 0.4) is 0 Å². The summed E-state index contributed by atoms with van der Waals surface area (Å²) < 4.78 is 37.3. The number of rotatable bonds is 3. The summed E-state index contributed by atoms with van der Waals surface area (Å²) in [5.74, 6) is -0.269. The highest BCUT2D eigenvalue weighted by atomic mass is 35.7. The highest BCUT2D eigenvalue weighted by Crippen LogP contribution is 2.18. The van der Waals surface area contributed by atoms with E-state index in [1.165, 1.54) is 12.1 Å². The fourth-order valence-electron chi connectivity index (χ4n) is 1.67. The lowest BCUT2D eigenvalue weighted by Gasteiger charge is -2.07. The minimum atomic E-state index is -3.68. The number of imidazole rings is 1. The van der Waals surface area contributed by atoms with Gasteiger partial charge in [-0.3, -0.25) is 0 Å². The van der Waals surface area contributed by atoms with Gasteiger partial charge in [0.1, 0.15) is 11.6 Å². The molecule has 0 N–H and O–H groups in total. The first-order valence-electron chi connectivity index (χ1n) is 5.08. The third-order valence-corrected chi connectivity index (χ3v) is 3.44. The lowest BCUT2D eigenvalue weighted by atomic mass is 10.2. The molecule has 0 aliphatic carbocycles. The van der Waals surface area contributed by atoms with Crippen LogP contribution in [0.2, 0.25) is 0 Å². The van der Waals surface area contributed by atoms with Crippen LogP contribution in [0.4, 0.5) is 4.39 Å². The Balaban J connectivity index is 2.40. The van der Waals surface area contributed by atoms with Crippen LogP contribution in [0.15, 0.2) is 30.6 Å². The number of halogens is 2. The molecule has 0 saturated carbocycles. The minimum Gasteiger partial charge on any atom is -0.301 e. The first-order valence-corrected chi connectivity index (χ1v) is 7.56. The lowest BCUT2D eigenvalue weighted by Crippen LogP contribution is -2.01. The third kappa shape index (κ3) is 2.88. The van der Waals surface area contributed by atoms with E-state index in [1.807, 2.05) is 0 Å². The van der Waals surface area contributed by atoms with Crippen molar-refractivity contribution in [3.8, 4) is 5.69 Å². The second kappa shape index (κ2) is 4.70. The highest BCUT2D eigenvalue weighted by molar-refractivity contribution is 8.13. The van der Waals surface area contributed by atoms with Crippen molar-refractivity contribution >= 4 is 19.7 Å². The number of aryl methyl sites for hydroxylation is 1. The Labute approximate surface area is 108 Å². The molecule has 0 aliphatic heterocycles. The second-order valence-corrected chi connectivity index (χ2v) is 6.59. The summed E-state index contributed by atoms with van der Waals surface area (Å²) in [5, 5.41) is 0. The molecule has 1 aromatic carbocycles. The Morgan fingerprint density at radius 1 is 1.44 bits per heavy atom. The number of aromatic nitrogens is 2. The van der Waals surface area contributed by atoms with Gasteiger partial charge >= 0.3 is 0 Å². The summed E-state index contributed by atoms with van der Waals surface area (Å²) in [6.45, 7) is 1.75. The van der Waals surface area contributed by atoms with Crippen LogP contribution < -0.4 is 0 Å². The molecule has 0 radical (unpaired) electrons. The van der Waals surface area contributed by atoms with Gasteiger partial charge < -0.3 is 4.57 Å². The normalized spacial score (nSPS) is 11.7. The molecule has 0 amide bonds. The Hall–Kier alpha value is -1.40. The lowest BCUT2D eigenvalue weighted by molar-refractivity contribution is 0.606. The summed E-state index contributed by atoms with van der Waals surface area (Å²) in [6.07, 6.45) is 3.19. The molecule has 0 atom stereocenters. The number of nitrogens with zero attached hydrogens (tertiary/aromatic N) is 2. The fraction of sp³-hybridized carbons (Fsp3) is 0.182. The molecule has 96 valence electrons. The topological polar surface area (TPSA) is 52.0 Å². The molecular formula is C11H10ClFN2O2S. The molecule has 2 rings (SSSR count). The summed E-state index contributed by atoms with van der Waals surface area (Å²) in [6, 6.07) is 4.19. The van der Waals surface area contributed by atoms with E-state index in [2.05, 4.69) is 4.98 Å². The van der Waals surface area contributed by atoms with Crippen molar-refractivity contribution in [2.45, 2.75) is 12.7 Å². The number of benzene rings is 1. The average Bonchev–Trinajstić information content (AvgIpc) is 2.62. The van der Waals surface area contributed by atoms with E-state index in [-0.39, 0.29) is 0 Å². The molecule has 0 spiro atoms. The van der Waals surface area contributed by atoms with Crippen molar-refractivity contribution in [3.05, 3.63) is 47.8 Å². The molecular weight excluding hydrogens is 279 g/mol. The van der Waals surface area contributed by atoms with Gasteiger partial charge in [-0.1, -0.05) is 6.07 Å². The Kier molecular flexibility index (Phi) is 3.41. The monoisotopic (exact) mass is 288 g/mol. The van der Waals surface area contributed by atoms with Gasteiger partial charge in [-0.15, -0.1) is 0 Å². The zero-order valence-corrected chi connectivity index (χ0v) is 11.0. The van der Waals surface area contributed by atoms with Crippen LogP contribution in [0.25, 0.3) is 5.69 Å². The second-order valence-electron chi connectivity index (χ2n) is 3.81. The SMILES string of the molecule is Cc1nccn1-c1ccc(CS(=O)(=O)Cl)cc1F. The molecule has 7 heteroatoms. The smallest absolute Gasteiger partial charge is 0.236 e. The van der Waals surface area contributed by atoms with Crippen LogP contribution in [0.1, 0.15) is 11.4 Å². The van der Waals surface area contributed by atoms with Gasteiger partial charge in [0.05, 0.1) is 11.4 Å². The van der Waals surface area contributed by atoms with Crippen LogP contribution >= 0.6 is 10.7 Å². The molecule has 0 unspecified atom stereocenters. The van der Waals surface area contributed by atoms with E-state index in [0.29, 0.717) is 17.1 Å². The molecule has 0 aliphatic rings. The van der Waals surface area contributed by atoms with Gasteiger partial charge in [0.2, 0.25) is 9.05 Å². The first-order chi connectivity index (χ1) is 8.37. The maximum Gasteiger partial charge on any atom is 0.236 e. The van der Waals surface area contributed by atoms with Crippen LogP contribution in [0.5, 0.6) is 0 Å². The van der Waals surface area contributed by atoms with Crippen molar-refractivity contribution in [3.63, 3.8) is 0 Å². The van der Waals surface area contributed by atoms with Crippen molar-refractivity contribution in [2.75, 3.05) is 0 Å². The molecule has 1 aromatic heterocycles. The first kappa shape index (κ1) is 13.0. The van der Waals surface area contributed by atoms with Crippen molar-refractivity contribution in [1.29, 1.82) is 0 Å². The highest BCUT2D eigenvalue weighted by Gasteiger charge is 2.11. The number of hydrogen-bond acceptors (Lipinski definition) is 3. The van der Waals surface area contributed by atoms with E-state index >= 15 is 0 Å². The Morgan fingerprint density at radius 3 is 2.67 bits per heavy atom. The van der Waals surface area contributed by atoms with E-state index in [1.54, 1.807) is 23.9 Å². The maximum atomic E-state index is 13.9. The molecule has 18 heavy (non-hydrogen) atoms. The maximum absolute atomic E-state index is 13.9. The Bertz CT molecular complexity index is 682. The predicted molar refractivity (Wildman–Crippen MR) is 66.7 cm³/mol. The van der Waals surface area contributed by atoms with Crippen LogP contribution in [-0.2, 0) is 14.8 Å². The van der Waals surface area contributed by atoms with Crippen molar-refractivity contribution < 1.29 is 12.8 Å². The summed E-state index contributed by atoms with van der Waals surface area (Å²) in [7, 11) is 1.44. The molecule has 1 heterocycles.